The molecular formula is C30H24N2. The van der Waals surface area contributed by atoms with Gasteiger partial charge in [0.15, 0.2) is 0 Å². The molecule has 0 fully saturated rings. The van der Waals surface area contributed by atoms with Gasteiger partial charge in [0.05, 0.1) is 10.9 Å². The molecule has 2 N–H and O–H groups in total. The fraction of sp³-hybridized carbons (Fsp3) is 0.0667. The summed E-state index contributed by atoms with van der Waals surface area (Å²) in [6.45, 7) is 0. The summed E-state index contributed by atoms with van der Waals surface area (Å²) in [5.74, 6) is 0. The number of rotatable bonds is 3. The van der Waals surface area contributed by atoms with Gasteiger partial charge < -0.3 is 10.3 Å². The van der Waals surface area contributed by atoms with Crippen LogP contribution in [0.15, 0.2) is 103 Å². The molecule has 32 heavy (non-hydrogen) atoms. The molecule has 1 unspecified atom stereocenters. The van der Waals surface area contributed by atoms with Crippen molar-refractivity contribution < 1.29 is 0 Å². The number of fused-ring (bicyclic) bond motifs is 3. The van der Waals surface area contributed by atoms with E-state index in [9.17, 15) is 0 Å². The first-order valence-electron chi connectivity index (χ1n) is 11.1. The van der Waals surface area contributed by atoms with Crippen molar-refractivity contribution in [2.24, 2.45) is 5.73 Å². The summed E-state index contributed by atoms with van der Waals surface area (Å²) in [6.07, 6.45) is 5.37. The van der Waals surface area contributed by atoms with Crippen LogP contribution in [0, 0.1) is 0 Å². The summed E-state index contributed by atoms with van der Waals surface area (Å²) in [7, 11) is 0. The van der Waals surface area contributed by atoms with E-state index in [1.54, 1.807) is 0 Å². The first kappa shape index (κ1) is 18.9. The van der Waals surface area contributed by atoms with Crippen molar-refractivity contribution in [3.05, 3.63) is 114 Å². The van der Waals surface area contributed by atoms with E-state index in [-0.39, 0.29) is 6.04 Å². The summed E-state index contributed by atoms with van der Waals surface area (Å²) >= 11 is 0. The van der Waals surface area contributed by atoms with Gasteiger partial charge in [-0.05, 0) is 65.1 Å². The van der Waals surface area contributed by atoms with Gasteiger partial charge in [0, 0.05) is 22.3 Å². The van der Waals surface area contributed by atoms with Crippen molar-refractivity contribution >= 4 is 23.1 Å². The highest BCUT2D eigenvalue weighted by molar-refractivity contribution is 5.89. The van der Waals surface area contributed by atoms with Crippen LogP contribution in [0.2, 0.25) is 0 Å². The molecule has 0 saturated carbocycles. The predicted molar refractivity (Wildman–Crippen MR) is 135 cm³/mol. The van der Waals surface area contributed by atoms with Crippen LogP contribution < -0.4 is 16.3 Å². The zero-order valence-electron chi connectivity index (χ0n) is 17.8. The van der Waals surface area contributed by atoms with Gasteiger partial charge in [0.1, 0.15) is 0 Å². The molecule has 4 aromatic carbocycles. The monoisotopic (exact) mass is 412 g/mol. The lowest BCUT2D eigenvalue weighted by Crippen LogP contribution is -2.36. The average Bonchev–Trinajstić information content (AvgIpc) is 3.18. The highest BCUT2D eigenvalue weighted by Crippen LogP contribution is 2.28. The van der Waals surface area contributed by atoms with Crippen LogP contribution in [-0.4, -0.2) is 10.6 Å². The Labute approximate surface area is 187 Å². The minimum absolute atomic E-state index is 0.0521. The highest BCUT2D eigenvalue weighted by atomic mass is 15.0. The molecular weight excluding hydrogens is 388 g/mol. The van der Waals surface area contributed by atoms with Gasteiger partial charge in [-0.15, -0.1) is 0 Å². The van der Waals surface area contributed by atoms with Crippen LogP contribution in [0.5, 0.6) is 0 Å². The second-order valence-corrected chi connectivity index (χ2v) is 8.42. The molecule has 0 amide bonds. The lowest BCUT2D eigenvalue weighted by molar-refractivity contribution is 0.875. The first-order valence-corrected chi connectivity index (χ1v) is 11.1. The molecule has 1 aliphatic rings. The van der Waals surface area contributed by atoms with E-state index in [0.717, 1.165) is 12.1 Å². The molecule has 0 bridgehead atoms. The zero-order chi connectivity index (χ0) is 21.5. The molecule has 0 radical (unpaired) electrons. The van der Waals surface area contributed by atoms with Gasteiger partial charge in [-0.1, -0.05) is 78.9 Å². The third-order valence-corrected chi connectivity index (χ3v) is 6.33. The molecule has 1 heterocycles. The maximum atomic E-state index is 6.31. The number of para-hydroxylation sites is 1. The number of nitrogens with zero attached hydrogens (tertiary/aromatic N) is 1. The molecule has 1 atom stereocenters. The number of hydrogen-bond donors (Lipinski definition) is 1. The van der Waals surface area contributed by atoms with E-state index in [4.69, 9.17) is 5.73 Å². The van der Waals surface area contributed by atoms with Crippen LogP contribution in [-0.2, 0) is 0 Å². The van der Waals surface area contributed by atoms with Gasteiger partial charge in [-0.25, -0.2) is 0 Å². The zero-order valence-corrected chi connectivity index (χ0v) is 17.8. The van der Waals surface area contributed by atoms with Crippen molar-refractivity contribution in [2.75, 3.05) is 0 Å². The summed E-state index contributed by atoms with van der Waals surface area (Å²) in [4.78, 5) is 0. The van der Waals surface area contributed by atoms with Crippen LogP contribution in [0.4, 0.5) is 0 Å². The van der Waals surface area contributed by atoms with Crippen molar-refractivity contribution in [2.45, 2.75) is 12.5 Å². The van der Waals surface area contributed by atoms with E-state index in [1.807, 2.05) is 0 Å². The maximum absolute atomic E-state index is 6.31. The molecule has 0 saturated heterocycles. The molecule has 1 aliphatic carbocycles. The first-order chi connectivity index (χ1) is 15.8. The van der Waals surface area contributed by atoms with Crippen molar-refractivity contribution in [3.63, 3.8) is 0 Å². The highest BCUT2D eigenvalue weighted by Gasteiger charge is 2.14. The van der Waals surface area contributed by atoms with E-state index in [1.165, 1.54) is 43.7 Å². The Hall–Kier alpha value is -3.88. The molecule has 2 heteroatoms. The van der Waals surface area contributed by atoms with Crippen molar-refractivity contribution in [1.29, 1.82) is 0 Å². The predicted octanol–water partition coefficient (Wildman–Crippen LogP) is 5.26. The van der Waals surface area contributed by atoms with Crippen molar-refractivity contribution in [1.82, 2.24) is 4.57 Å². The summed E-state index contributed by atoms with van der Waals surface area (Å²) in [5, 5.41) is 3.75. The van der Waals surface area contributed by atoms with Crippen LogP contribution in [0.1, 0.15) is 6.42 Å². The fourth-order valence-electron chi connectivity index (χ4n) is 4.78. The van der Waals surface area contributed by atoms with Crippen LogP contribution >= 0.6 is 0 Å². The van der Waals surface area contributed by atoms with E-state index < -0.39 is 0 Å². The molecule has 0 spiro atoms. The van der Waals surface area contributed by atoms with Gasteiger partial charge in [0.2, 0.25) is 0 Å². The molecule has 2 nitrogen and oxygen atoms in total. The topological polar surface area (TPSA) is 30.9 Å². The second kappa shape index (κ2) is 7.67. The lowest BCUT2D eigenvalue weighted by atomic mass is 9.98. The third-order valence-electron chi connectivity index (χ3n) is 6.33. The van der Waals surface area contributed by atoms with E-state index >= 15 is 0 Å². The van der Waals surface area contributed by atoms with Crippen LogP contribution in [0.3, 0.4) is 0 Å². The largest absolute Gasteiger partial charge is 0.324 e. The van der Waals surface area contributed by atoms with Gasteiger partial charge in [-0.2, -0.15) is 0 Å². The van der Waals surface area contributed by atoms with Crippen molar-refractivity contribution in [3.8, 4) is 27.9 Å². The Morgan fingerprint density at radius 2 is 1.31 bits per heavy atom. The third kappa shape index (κ3) is 3.17. The van der Waals surface area contributed by atoms with Gasteiger partial charge >= 0.3 is 0 Å². The maximum Gasteiger partial charge on any atom is 0.0541 e. The number of aromatic nitrogens is 1. The number of nitrogens with two attached hydrogens (primary N) is 1. The Kier molecular flexibility index (Phi) is 4.52. The number of hydrogen-bond acceptors (Lipinski definition) is 1. The minimum Gasteiger partial charge on any atom is -0.324 e. The Morgan fingerprint density at radius 1 is 0.656 bits per heavy atom. The molecule has 154 valence electrons. The lowest BCUT2D eigenvalue weighted by Gasteiger charge is -2.10. The quantitative estimate of drug-likeness (QED) is 0.431. The van der Waals surface area contributed by atoms with E-state index in [0.29, 0.717) is 0 Å². The second-order valence-electron chi connectivity index (χ2n) is 8.42. The molecule has 0 aliphatic heterocycles. The minimum atomic E-state index is 0.0521. The normalized spacial score (nSPS) is 15.1. The fourth-order valence-corrected chi connectivity index (χ4v) is 4.78. The SMILES string of the molecule is NC1C=c2c(c3cc(-c4cccc(-c5ccccc5)c4)ccc3n2-c2ccccc2)=CC1. The Balaban J connectivity index is 1.57. The average molecular weight is 413 g/mol. The standard InChI is InChI=1S/C30H24N2/c31-25-15-16-27-28-19-24(23-11-7-10-22(18-23)21-8-3-1-4-9-21)14-17-29(28)32(30(27)20-25)26-12-5-2-6-13-26/h1-14,16-20,25H,15,31H2. The van der Waals surface area contributed by atoms with Gasteiger partial charge in [0.25, 0.3) is 0 Å². The molecule has 5 aromatic rings. The van der Waals surface area contributed by atoms with Crippen LogP contribution in [0.25, 0.3) is 51.0 Å². The molecule has 6 rings (SSSR count). The Morgan fingerprint density at radius 3 is 2.09 bits per heavy atom. The smallest absolute Gasteiger partial charge is 0.0541 e. The summed E-state index contributed by atoms with van der Waals surface area (Å²) in [5.41, 5.74) is 13.6. The summed E-state index contributed by atoms with van der Waals surface area (Å²) in [6, 6.07) is 36.8. The summed E-state index contributed by atoms with van der Waals surface area (Å²) < 4.78 is 2.34. The van der Waals surface area contributed by atoms with Gasteiger partial charge in [-0.3, -0.25) is 0 Å². The molecule has 1 aromatic heterocycles. The number of benzene rings is 4. The van der Waals surface area contributed by atoms with E-state index in [2.05, 4.69) is 120 Å². The Bertz CT molecular complexity index is 1540.